The van der Waals surface area contributed by atoms with E-state index in [-0.39, 0.29) is 10.6 Å². The van der Waals surface area contributed by atoms with Gasteiger partial charge in [0, 0.05) is 22.9 Å². The Morgan fingerprint density at radius 1 is 1.06 bits per heavy atom. The van der Waals surface area contributed by atoms with Gasteiger partial charge in [-0.3, -0.25) is 9.48 Å². The smallest absolute Gasteiger partial charge is 0.268 e. The molecule has 9 heteroatoms. The summed E-state index contributed by atoms with van der Waals surface area (Å²) in [6.45, 7) is 0.617. The standard InChI is InChI=1S/C27H24BrN3O4S/c1-35-25-12-11-24(28)18-26(25)36(33,34)30-27(32)13-10-22-9-8-21(19-31-15-5-14-29-31)17-23(22)16-20-6-3-2-4-7-20/h2-15,17-18H,16,19H2,1H3,(H,30,32)/b13-10+. The molecule has 1 heterocycles. The highest BCUT2D eigenvalue weighted by Crippen LogP contribution is 2.27. The molecule has 0 saturated heterocycles. The molecular weight excluding hydrogens is 542 g/mol. The molecule has 1 aromatic heterocycles. The van der Waals surface area contributed by atoms with Crippen molar-refractivity contribution in [1.29, 1.82) is 0 Å². The Balaban J connectivity index is 1.57. The molecule has 4 rings (SSSR count). The van der Waals surface area contributed by atoms with Crippen LogP contribution in [-0.4, -0.2) is 31.2 Å². The predicted octanol–water partition coefficient (Wildman–Crippen LogP) is 4.81. The summed E-state index contributed by atoms with van der Waals surface area (Å²) in [4.78, 5) is 12.5. The third-order valence-electron chi connectivity index (χ3n) is 5.41. The molecule has 3 aromatic carbocycles. The highest BCUT2D eigenvalue weighted by Gasteiger charge is 2.21. The third kappa shape index (κ3) is 6.50. The maximum atomic E-state index is 12.8. The number of aromatic nitrogens is 2. The fraction of sp³-hybridized carbons (Fsp3) is 0.111. The van der Waals surface area contributed by atoms with Gasteiger partial charge in [0.1, 0.15) is 10.6 Å². The highest BCUT2D eigenvalue weighted by molar-refractivity contribution is 9.10. The minimum Gasteiger partial charge on any atom is -0.495 e. The Kier molecular flexibility index (Phi) is 8.02. The summed E-state index contributed by atoms with van der Waals surface area (Å²) in [7, 11) is -2.77. The largest absolute Gasteiger partial charge is 0.495 e. The van der Waals surface area contributed by atoms with Gasteiger partial charge in [-0.15, -0.1) is 0 Å². The van der Waals surface area contributed by atoms with E-state index in [1.807, 2.05) is 59.4 Å². The molecule has 0 saturated carbocycles. The van der Waals surface area contributed by atoms with Crippen molar-refractivity contribution in [3.8, 4) is 5.75 Å². The highest BCUT2D eigenvalue weighted by atomic mass is 79.9. The van der Waals surface area contributed by atoms with E-state index in [0.29, 0.717) is 17.4 Å². The van der Waals surface area contributed by atoms with Gasteiger partial charge in [0.25, 0.3) is 15.9 Å². The molecule has 36 heavy (non-hydrogen) atoms. The molecule has 0 radical (unpaired) electrons. The van der Waals surface area contributed by atoms with Crippen LogP contribution in [0.15, 0.2) is 101 Å². The zero-order valence-corrected chi connectivity index (χ0v) is 21.9. The van der Waals surface area contributed by atoms with Crippen molar-refractivity contribution >= 4 is 37.9 Å². The van der Waals surface area contributed by atoms with Gasteiger partial charge < -0.3 is 4.74 Å². The van der Waals surface area contributed by atoms with Gasteiger partial charge in [-0.25, -0.2) is 13.1 Å². The van der Waals surface area contributed by atoms with Gasteiger partial charge >= 0.3 is 0 Å². The topological polar surface area (TPSA) is 90.3 Å². The number of carbonyl (C=O) groups is 1. The first-order valence-electron chi connectivity index (χ1n) is 11.1. The van der Waals surface area contributed by atoms with Crippen LogP contribution in [0.5, 0.6) is 5.75 Å². The molecule has 184 valence electrons. The van der Waals surface area contributed by atoms with E-state index in [4.69, 9.17) is 4.74 Å². The molecule has 7 nitrogen and oxygen atoms in total. The number of methoxy groups -OCH3 is 1. The molecule has 0 unspecified atom stereocenters. The second kappa shape index (κ2) is 11.4. The number of rotatable bonds is 9. The maximum Gasteiger partial charge on any atom is 0.268 e. The number of nitrogens with one attached hydrogen (secondary N) is 1. The van der Waals surface area contributed by atoms with Crippen LogP contribution in [0.4, 0.5) is 0 Å². The molecule has 4 aromatic rings. The quantitative estimate of drug-likeness (QED) is 0.294. The summed E-state index contributed by atoms with van der Waals surface area (Å²) in [5.41, 5.74) is 4.01. The van der Waals surface area contributed by atoms with Crippen LogP contribution in [0.25, 0.3) is 6.08 Å². The summed E-state index contributed by atoms with van der Waals surface area (Å²) < 4.78 is 35.2. The van der Waals surface area contributed by atoms with Crippen molar-refractivity contribution in [2.75, 3.05) is 7.11 Å². The number of hydrogen-bond donors (Lipinski definition) is 1. The first-order valence-corrected chi connectivity index (χ1v) is 13.3. The number of amides is 1. The lowest BCUT2D eigenvalue weighted by atomic mass is 9.97. The van der Waals surface area contributed by atoms with E-state index in [9.17, 15) is 13.2 Å². The number of nitrogens with zero attached hydrogens (tertiary/aromatic N) is 2. The van der Waals surface area contributed by atoms with Crippen molar-refractivity contribution in [2.45, 2.75) is 17.9 Å². The first kappa shape index (κ1) is 25.4. The number of benzene rings is 3. The van der Waals surface area contributed by atoms with Crippen molar-refractivity contribution in [3.63, 3.8) is 0 Å². The van der Waals surface area contributed by atoms with E-state index < -0.39 is 15.9 Å². The summed E-state index contributed by atoms with van der Waals surface area (Å²) in [6, 6.07) is 22.4. The number of ether oxygens (including phenoxy) is 1. The average Bonchev–Trinajstić information content (AvgIpc) is 3.37. The third-order valence-corrected chi connectivity index (χ3v) is 7.27. The average molecular weight is 566 g/mol. The number of halogens is 1. The second-order valence-electron chi connectivity index (χ2n) is 8.00. The molecule has 1 N–H and O–H groups in total. The van der Waals surface area contributed by atoms with E-state index in [1.54, 1.807) is 18.3 Å². The summed E-state index contributed by atoms with van der Waals surface area (Å²) in [6.07, 6.45) is 7.13. The first-order chi connectivity index (χ1) is 17.3. The maximum absolute atomic E-state index is 12.8. The van der Waals surface area contributed by atoms with Crippen LogP contribution in [-0.2, 0) is 27.8 Å². The van der Waals surface area contributed by atoms with Crippen LogP contribution in [0.2, 0.25) is 0 Å². The predicted molar refractivity (Wildman–Crippen MR) is 142 cm³/mol. The molecule has 0 bridgehead atoms. The summed E-state index contributed by atoms with van der Waals surface area (Å²) in [5, 5.41) is 4.26. The molecule has 0 aliphatic heterocycles. The van der Waals surface area contributed by atoms with Gasteiger partial charge in [0.2, 0.25) is 0 Å². The van der Waals surface area contributed by atoms with Crippen molar-refractivity contribution in [2.24, 2.45) is 0 Å². The van der Waals surface area contributed by atoms with Gasteiger partial charge in [0.05, 0.1) is 13.7 Å². The van der Waals surface area contributed by atoms with Crippen molar-refractivity contribution in [1.82, 2.24) is 14.5 Å². The van der Waals surface area contributed by atoms with Crippen molar-refractivity contribution < 1.29 is 17.9 Å². The molecule has 0 spiro atoms. The Bertz CT molecular complexity index is 1480. The lowest BCUT2D eigenvalue weighted by molar-refractivity contribution is -0.114. The van der Waals surface area contributed by atoms with E-state index in [1.165, 1.54) is 25.3 Å². The Morgan fingerprint density at radius 3 is 2.58 bits per heavy atom. The van der Waals surface area contributed by atoms with Gasteiger partial charge in [-0.2, -0.15) is 5.10 Å². The second-order valence-corrected chi connectivity index (χ2v) is 10.6. The molecule has 0 fully saturated rings. The van der Waals surface area contributed by atoms with Crippen LogP contribution >= 0.6 is 15.9 Å². The summed E-state index contributed by atoms with van der Waals surface area (Å²) >= 11 is 3.25. The van der Waals surface area contributed by atoms with Crippen LogP contribution in [0.3, 0.4) is 0 Å². The SMILES string of the molecule is COc1ccc(Br)cc1S(=O)(=O)NC(=O)/C=C/c1ccc(Cn2cccn2)cc1Cc1ccccc1. The Hall–Kier alpha value is -3.69. The van der Waals surface area contributed by atoms with Gasteiger partial charge in [-0.05, 0) is 59.0 Å². The molecule has 0 aliphatic carbocycles. The molecule has 0 atom stereocenters. The number of hydrogen-bond acceptors (Lipinski definition) is 5. The van der Waals surface area contributed by atoms with Gasteiger partial charge in [-0.1, -0.05) is 64.5 Å². The van der Waals surface area contributed by atoms with Crippen LogP contribution in [0.1, 0.15) is 22.3 Å². The lowest BCUT2D eigenvalue weighted by Gasteiger charge is -2.11. The minimum atomic E-state index is -4.14. The molecular formula is C27H24BrN3O4S. The Labute approximate surface area is 218 Å². The Morgan fingerprint density at radius 2 is 1.86 bits per heavy atom. The van der Waals surface area contributed by atoms with Crippen molar-refractivity contribution in [3.05, 3.63) is 118 Å². The molecule has 0 aliphatic rings. The number of carbonyl (C=O) groups excluding carboxylic acids is 1. The van der Waals surface area contributed by atoms with Crippen LogP contribution in [0, 0.1) is 0 Å². The number of sulfonamides is 1. The minimum absolute atomic E-state index is 0.131. The van der Waals surface area contributed by atoms with E-state index in [0.717, 1.165) is 22.3 Å². The fourth-order valence-corrected chi connectivity index (χ4v) is 5.37. The molecule has 1 amide bonds. The zero-order valence-electron chi connectivity index (χ0n) is 19.5. The monoisotopic (exact) mass is 565 g/mol. The normalized spacial score (nSPS) is 11.5. The van der Waals surface area contributed by atoms with Crippen LogP contribution < -0.4 is 9.46 Å². The van der Waals surface area contributed by atoms with Gasteiger partial charge in [0.15, 0.2) is 0 Å². The lowest BCUT2D eigenvalue weighted by Crippen LogP contribution is -2.29. The van der Waals surface area contributed by atoms with E-state index in [2.05, 4.69) is 31.8 Å². The summed E-state index contributed by atoms with van der Waals surface area (Å²) in [5.74, 6) is -0.622. The fourth-order valence-electron chi connectivity index (χ4n) is 3.72. The zero-order chi connectivity index (χ0) is 25.5. The van der Waals surface area contributed by atoms with E-state index >= 15 is 0 Å².